The van der Waals surface area contributed by atoms with E-state index < -0.39 is 0 Å². The summed E-state index contributed by atoms with van der Waals surface area (Å²) in [6.45, 7) is 4.24. The van der Waals surface area contributed by atoms with Crippen molar-refractivity contribution in [1.29, 1.82) is 0 Å². The summed E-state index contributed by atoms with van der Waals surface area (Å²) in [5.74, 6) is 0.718. The first-order chi connectivity index (χ1) is 7.20. The average molecular weight is 235 g/mol. The third kappa shape index (κ3) is 2.24. The van der Waals surface area contributed by atoms with Gasteiger partial charge in [0, 0.05) is 16.7 Å². The molecular weight excluding hydrogens is 222 g/mol. The first-order valence-corrected chi connectivity index (χ1v) is 6.35. The van der Waals surface area contributed by atoms with E-state index in [0.29, 0.717) is 0 Å². The van der Waals surface area contributed by atoms with Gasteiger partial charge >= 0.3 is 0 Å². The summed E-state index contributed by atoms with van der Waals surface area (Å²) in [5, 5.41) is 3.18. The summed E-state index contributed by atoms with van der Waals surface area (Å²) >= 11 is 5.90. The van der Waals surface area contributed by atoms with E-state index in [1.54, 1.807) is 11.3 Å². The number of thiol groups is 1. The molecule has 0 saturated carbocycles. The Kier molecular flexibility index (Phi) is 3.12. The predicted octanol–water partition coefficient (Wildman–Crippen LogP) is 3.86. The summed E-state index contributed by atoms with van der Waals surface area (Å²) in [4.78, 5) is 4.53. The zero-order valence-corrected chi connectivity index (χ0v) is 10.5. The van der Waals surface area contributed by atoms with E-state index in [-0.39, 0.29) is 0 Å². The predicted molar refractivity (Wildman–Crippen MR) is 69.7 cm³/mol. The highest BCUT2D eigenvalue weighted by Gasteiger charge is 2.06. The zero-order valence-electron chi connectivity index (χ0n) is 8.82. The lowest BCUT2D eigenvalue weighted by molar-refractivity contribution is 1.26. The molecule has 1 heterocycles. The van der Waals surface area contributed by atoms with Crippen molar-refractivity contribution in [3.63, 3.8) is 0 Å². The highest BCUT2D eigenvalue weighted by molar-refractivity contribution is 7.79. The molecule has 2 rings (SSSR count). The Morgan fingerprint density at radius 3 is 2.73 bits per heavy atom. The first kappa shape index (κ1) is 10.7. The number of thiazole rings is 1. The van der Waals surface area contributed by atoms with E-state index in [4.69, 9.17) is 0 Å². The number of hydrogen-bond acceptors (Lipinski definition) is 3. The van der Waals surface area contributed by atoms with Gasteiger partial charge in [-0.25, -0.2) is 4.98 Å². The molecule has 0 unspecified atom stereocenters. The second kappa shape index (κ2) is 4.37. The summed E-state index contributed by atoms with van der Waals surface area (Å²) < 4.78 is 0. The van der Waals surface area contributed by atoms with Gasteiger partial charge < -0.3 is 0 Å². The molecule has 2 aromatic rings. The highest BCUT2D eigenvalue weighted by atomic mass is 32.1. The van der Waals surface area contributed by atoms with Crippen LogP contribution < -0.4 is 0 Å². The van der Waals surface area contributed by atoms with E-state index in [2.05, 4.69) is 55.0 Å². The van der Waals surface area contributed by atoms with Crippen LogP contribution in [0.1, 0.15) is 16.1 Å². The Balaban J connectivity index is 2.44. The van der Waals surface area contributed by atoms with Crippen LogP contribution in [-0.4, -0.2) is 4.98 Å². The van der Waals surface area contributed by atoms with Gasteiger partial charge in [-0.2, -0.15) is 12.6 Å². The molecule has 1 aromatic heterocycles. The van der Waals surface area contributed by atoms with Gasteiger partial charge in [-0.05, 0) is 19.4 Å². The van der Waals surface area contributed by atoms with E-state index in [1.807, 2.05) is 0 Å². The van der Waals surface area contributed by atoms with Crippen molar-refractivity contribution in [2.24, 2.45) is 0 Å². The largest absolute Gasteiger partial charge is 0.240 e. The van der Waals surface area contributed by atoms with Crippen molar-refractivity contribution in [2.45, 2.75) is 19.6 Å². The van der Waals surface area contributed by atoms with Crippen molar-refractivity contribution >= 4 is 24.0 Å². The van der Waals surface area contributed by atoms with Crippen LogP contribution in [0.2, 0.25) is 0 Å². The fourth-order valence-corrected chi connectivity index (χ4v) is 2.56. The molecular formula is C12H13NS2. The molecule has 0 aliphatic heterocycles. The summed E-state index contributed by atoms with van der Waals surface area (Å²) in [6, 6.07) is 6.46. The summed E-state index contributed by atoms with van der Waals surface area (Å²) in [7, 11) is 0. The Morgan fingerprint density at radius 2 is 2.13 bits per heavy atom. The van der Waals surface area contributed by atoms with Gasteiger partial charge in [0.05, 0.1) is 5.69 Å². The second-order valence-corrected chi connectivity index (χ2v) is 4.86. The van der Waals surface area contributed by atoms with Crippen molar-refractivity contribution in [3.8, 4) is 11.3 Å². The number of nitrogens with zero attached hydrogens (tertiary/aromatic N) is 1. The molecule has 78 valence electrons. The topological polar surface area (TPSA) is 12.9 Å². The Morgan fingerprint density at radius 1 is 1.33 bits per heavy atom. The Hall–Kier alpha value is -0.800. The molecule has 0 amide bonds. The average Bonchev–Trinajstić information content (AvgIpc) is 2.66. The van der Waals surface area contributed by atoms with Gasteiger partial charge in [-0.3, -0.25) is 0 Å². The molecule has 3 heteroatoms. The Bertz CT molecular complexity index is 474. The molecule has 0 atom stereocenters. The van der Waals surface area contributed by atoms with Crippen molar-refractivity contribution in [2.75, 3.05) is 0 Å². The van der Waals surface area contributed by atoms with Crippen molar-refractivity contribution < 1.29 is 0 Å². The first-order valence-electron chi connectivity index (χ1n) is 4.83. The number of rotatable bonds is 2. The van der Waals surface area contributed by atoms with Crippen LogP contribution in [0.5, 0.6) is 0 Å². The monoisotopic (exact) mass is 235 g/mol. The molecule has 0 aliphatic carbocycles. The number of aryl methyl sites for hydroxylation is 2. The van der Waals surface area contributed by atoms with E-state index in [0.717, 1.165) is 16.5 Å². The smallest absolute Gasteiger partial charge is 0.103 e. The van der Waals surface area contributed by atoms with Gasteiger partial charge in [0.25, 0.3) is 0 Å². The third-order valence-electron chi connectivity index (χ3n) is 2.34. The maximum Gasteiger partial charge on any atom is 0.103 e. The van der Waals surface area contributed by atoms with Crippen LogP contribution in [-0.2, 0) is 5.75 Å². The highest BCUT2D eigenvalue weighted by Crippen LogP contribution is 2.26. The maximum atomic E-state index is 4.53. The van der Waals surface area contributed by atoms with Crippen LogP contribution in [0.4, 0.5) is 0 Å². The van der Waals surface area contributed by atoms with Gasteiger partial charge in [0.2, 0.25) is 0 Å². The Labute approximate surface area is 99.6 Å². The lowest BCUT2D eigenvalue weighted by Gasteiger charge is -2.03. The lowest BCUT2D eigenvalue weighted by Crippen LogP contribution is -1.85. The fraction of sp³-hybridized carbons (Fsp3) is 0.250. The minimum Gasteiger partial charge on any atom is -0.240 e. The normalized spacial score (nSPS) is 10.6. The van der Waals surface area contributed by atoms with Gasteiger partial charge in [-0.15, -0.1) is 11.3 Å². The molecule has 1 aromatic carbocycles. The van der Waals surface area contributed by atoms with Gasteiger partial charge in [-0.1, -0.05) is 23.8 Å². The molecule has 0 N–H and O–H groups in total. The quantitative estimate of drug-likeness (QED) is 0.780. The number of aromatic nitrogens is 1. The summed E-state index contributed by atoms with van der Waals surface area (Å²) in [5.41, 5.74) is 4.87. The SMILES string of the molecule is Cc1ccc(-c2csc(CS)n2)c(C)c1. The molecule has 15 heavy (non-hydrogen) atoms. The van der Waals surface area contributed by atoms with E-state index in [1.165, 1.54) is 16.7 Å². The molecule has 0 spiro atoms. The fourth-order valence-electron chi connectivity index (χ4n) is 1.61. The second-order valence-electron chi connectivity index (χ2n) is 3.60. The minimum atomic E-state index is 0.718. The van der Waals surface area contributed by atoms with Crippen LogP contribution in [0.3, 0.4) is 0 Å². The van der Waals surface area contributed by atoms with Crippen molar-refractivity contribution in [1.82, 2.24) is 4.98 Å². The molecule has 0 radical (unpaired) electrons. The third-order valence-corrected chi connectivity index (χ3v) is 3.71. The van der Waals surface area contributed by atoms with E-state index >= 15 is 0 Å². The van der Waals surface area contributed by atoms with Crippen LogP contribution in [0.15, 0.2) is 23.6 Å². The number of hydrogen-bond donors (Lipinski definition) is 1. The van der Waals surface area contributed by atoms with Gasteiger partial charge in [0.1, 0.15) is 5.01 Å². The van der Waals surface area contributed by atoms with E-state index in [9.17, 15) is 0 Å². The molecule has 1 nitrogen and oxygen atoms in total. The van der Waals surface area contributed by atoms with Crippen LogP contribution in [0, 0.1) is 13.8 Å². The number of benzene rings is 1. The lowest BCUT2D eigenvalue weighted by atomic mass is 10.0. The van der Waals surface area contributed by atoms with Crippen LogP contribution >= 0.6 is 24.0 Å². The molecule has 0 saturated heterocycles. The standard InChI is InChI=1S/C12H13NS2/c1-8-3-4-10(9(2)5-8)11-7-15-12(6-14)13-11/h3-5,7,14H,6H2,1-2H3. The van der Waals surface area contributed by atoms with Crippen molar-refractivity contribution in [3.05, 3.63) is 39.7 Å². The molecule has 0 aliphatic rings. The summed E-state index contributed by atoms with van der Waals surface area (Å²) in [6.07, 6.45) is 0. The van der Waals surface area contributed by atoms with Crippen LogP contribution in [0.25, 0.3) is 11.3 Å². The maximum absolute atomic E-state index is 4.53. The minimum absolute atomic E-state index is 0.718. The van der Waals surface area contributed by atoms with Gasteiger partial charge in [0.15, 0.2) is 0 Å². The molecule has 0 bridgehead atoms. The molecule has 0 fully saturated rings. The zero-order chi connectivity index (χ0) is 10.8.